The molecule has 4 nitrogen and oxygen atoms in total. The highest BCUT2D eigenvalue weighted by Crippen LogP contribution is 2.25. The number of pyridine rings is 1. The van der Waals surface area contributed by atoms with E-state index in [4.69, 9.17) is 11.6 Å². The van der Waals surface area contributed by atoms with Crippen molar-refractivity contribution in [1.82, 2.24) is 9.38 Å². The van der Waals surface area contributed by atoms with Gasteiger partial charge in [-0.15, -0.1) is 0 Å². The summed E-state index contributed by atoms with van der Waals surface area (Å²) in [6.07, 6.45) is 4.25. The minimum atomic E-state index is -0.0624. The van der Waals surface area contributed by atoms with E-state index in [0.717, 1.165) is 33.7 Å². The molecule has 0 saturated carbocycles. The predicted molar refractivity (Wildman–Crippen MR) is 109 cm³/mol. The molecular weight excluding hydrogens is 358 g/mol. The molecule has 2 aromatic heterocycles. The van der Waals surface area contributed by atoms with Gasteiger partial charge in [-0.2, -0.15) is 0 Å². The summed E-state index contributed by atoms with van der Waals surface area (Å²) >= 11 is 5.90. The van der Waals surface area contributed by atoms with Gasteiger partial charge in [0.1, 0.15) is 5.65 Å². The van der Waals surface area contributed by atoms with Gasteiger partial charge in [0.15, 0.2) is 0 Å². The molecule has 0 atom stereocenters. The summed E-state index contributed by atoms with van der Waals surface area (Å²) in [4.78, 5) is 17.1. The molecule has 0 bridgehead atoms. The number of nitrogens with one attached hydrogen (secondary N) is 1. The maximum Gasteiger partial charge on any atom is 0.228 e. The second-order valence-corrected chi connectivity index (χ2v) is 6.91. The predicted octanol–water partition coefficient (Wildman–Crippen LogP) is 5.14. The first-order valence-electron chi connectivity index (χ1n) is 8.67. The molecule has 2 heterocycles. The summed E-state index contributed by atoms with van der Waals surface area (Å²) in [6, 6.07) is 19.2. The number of carbonyl (C=O) groups excluding carboxylic acids is 1. The van der Waals surface area contributed by atoms with Crippen LogP contribution in [0.5, 0.6) is 0 Å². The summed E-state index contributed by atoms with van der Waals surface area (Å²) in [5, 5.41) is 3.67. The van der Waals surface area contributed by atoms with Gasteiger partial charge < -0.3 is 9.72 Å². The molecule has 0 spiro atoms. The molecule has 27 heavy (non-hydrogen) atoms. The number of benzene rings is 2. The smallest absolute Gasteiger partial charge is 0.228 e. The zero-order valence-electron chi connectivity index (χ0n) is 14.8. The number of hydrogen-bond donors (Lipinski definition) is 1. The fourth-order valence-corrected chi connectivity index (χ4v) is 3.10. The number of carbonyl (C=O) groups is 1. The van der Waals surface area contributed by atoms with Gasteiger partial charge in [0, 0.05) is 28.7 Å². The summed E-state index contributed by atoms with van der Waals surface area (Å²) in [5.41, 5.74) is 5.45. The number of imidazole rings is 1. The van der Waals surface area contributed by atoms with E-state index in [2.05, 4.69) is 10.3 Å². The highest BCUT2D eigenvalue weighted by molar-refractivity contribution is 6.30. The largest absolute Gasteiger partial charge is 0.326 e. The van der Waals surface area contributed by atoms with Crippen molar-refractivity contribution >= 4 is 28.8 Å². The fourth-order valence-electron chi connectivity index (χ4n) is 2.97. The molecule has 4 rings (SSSR count). The quantitative estimate of drug-likeness (QED) is 0.536. The van der Waals surface area contributed by atoms with Crippen LogP contribution in [0.25, 0.3) is 16.9 Å². The molecule has 0 radical (unpaired) electrons. The molecule has 0 unspecified atom stereocenters. The summed E-state index contributed by atoms with van der Waals surface area (Å²) in [7, 11) is 0. The van der Waals surface area contributed by atoms with Gasteiger partial charge >= 0.3 is 0 Å². The normalized spacial score (nSPS) is 10.9. The molecule has 0 saturated heterocycles. The van der Waals surface area contributed by atoms with Crippen LogP contribution in [0.3, 0.4) is 0 Å². The molecule has 0 aliphatic heterocycles. The highest BCUT2D eigenvalue weighted by Gasteiger charge is 2.10. The van der Waals surface area contributed by atoms with E-state index in [1.165, 1.54) is 0 Å². The maximum absolute atomic E-state index is 12.4. The lowest BCUT2D eigenvalue weighted by Gasteiger charge is -2.10. The van der Waals surface area contributed by atoms with Crippen LogP contribution in [0, 0.1) is 6.92 Å². The van der Waals surface area contributed by atoms with Crippen molar-refractivity contribution in [3.8, 4) is 11.3 Å². The van der Waals surface area contributed by atoms with Crippen molar-refractivity contribution in [3.05, 3.63) is 89.2 Å². The monoisotopic (exact) mass is 375 g/mol. The van der Waals surface area contributed by atoms with Gasteiger partial charge in [-0.25, -0.2) is 4.98 Å². The third-order valence-corrected chi connectivity index (χ3v) is 4.70. The lowest BCUT2D eigenvalue weighted by atomic mass is 10.1. The number of fused-ring (bicyclic) bond motifs is 1. The Morgan fingerprint density at radius 3 is 2.70 bits per heavy atom. The van der Waals surface area contributed by atoms with Gasteiger partial charge in [-0.05, 0) is 48.4 Å². The van der Waals surface area contributed by atoms with E-state index in [-0.39, 0.29) is 5.91 Å². The Morgan fingerprint density at radius 1 is 1.11 bits per heavy atom. The number of aryl methyl sites for hydroxylation is 1. The fraction of sp³-hybridized carbons (Fsp3) is 0.0909. The first-order chi connectivity index (χ1) is 13.1. The first kappa shape index (κ1) is 17.3. The van der Waals surface area contributed by atoms with Crippen LogP contribution in [0.1, 0.15) is 11.1 Å². The Bertz CT molecular complexity index is 1080. The van der Waals surface area contributed by atoms with Crippen molar-refractivity contribution in [2.24, 2.45) is 0 Å². The van der Waals surface area contributed by atoms with Crippen LogP contribution in [0.2, 0.25) is 5.02 Å². The van der Waals surface area contributed by atoms with Crippen LogP contribution in [-0.2, 0) is 11.2 Å². The maximum atomic E-state index is 12.4. The van der Waals surface area contributed by atoms with Crippen LogP contribution in [0.4, 0.5) is 5.69 Å². The minimum absolute atomic E-state index is 0.0624. The minimum Gasteiger partial charge on any atom is -0.326 e. The Balaban J connectivity index is 1.56. The summed E-state index contributed by atoms with van der Waals surface area (Å²) in [5.74, 6) is -0.0624. The van der Waals surface area contributed by atoms with Gasteiger partial charge in [0.2, 0.25) is 5.91 Å². The SMILES string of the molecule is Cc1ccc(-c2cn3ccccc3n2)cc1NC(=O)Cc1ccc(Cl)cc1. The average molecular weight is 376 g/mol. The van der Waals surface area contributed by atoms with Crippen molar-refractivity contribution in [1.29, 1.82) is 0 Å². The van der Waals surface area contributed by atoms with Gasteiger partial charge in [0.05, 0.1) is 12.1 Å². The lowest BCUT2D eigenvalue weighted by molar-refractivity contribution is -0.115. The zero-order chi connectivity index (χ0) is 18.8. The second-order valence-electron chi connectivity index (χ2n) is 6.47. The molecular formula is C22H18ClN3O. The van der Waals surface area contributed by atoms with Crippen molar-refractivity contribution in [2.75, 3.05) is 5.32 Å². The van der Waals surface area contributed by atoms with Crippen LogP contribution in [0.15, 0.2) is 73.1 Å². The number of rotatable bonds is 4. The first-order valence-corrected chi connectivity index (χ1v) is 9.05. The van der Waals surface area contributed by atoms with Gasteiger partial charge in [-0.1, -0.05) is 41.9 Å². The topological polar surface area (TPSA) is 46.4 Å². The van der Waals surface area contributed by atoms with E-state index in [1.54, 1.807) is 12.1 Å². The molecule has 0 fully saturated rings. The molecule has 134 valence electrons. The van der Waals surface area contributed by atoms with Crippen molar-refractivity contribution in [3.63, 3.8) is 0 Å². The van der Waals surface area contributed by atoms with Crippen LogP contribution < -0.4 is 5.32 Å². The number of nitrogens with zero attached hydrogens (tertiary/aromatic N) is 2. The lowest BCUT2D eigenvalue weighted by Crippen LogP contribution is -2.15. The Hall–Kier alpha value is -3.11. The third-order valence-electron chi connectivity index (χ3n) is 4.45. The molecule has 5 heteroatoms. The standard InChI is InChI=1S/C22H18ClN3O/c1-15-5-8-17(20-14-26-11-3-2-4-21(26)24-20)13-19(15)25-22(27)12-16-6-9-18(23)10-7-16/h2-11,13-14H,12H2,1H3,(H,25,27). The summed E-state index contributed by atoms with van der Waals surface area (Å²) < 4.78 is 1.98. The van der Waals surface area contributed by atoms with E-state index in [9.17, 15) is 4.79 Å². The molecule has 1 amide bonds. The van der Waals surface area contributed by atoms with E-state index < -0.39 is 0 Å². The molecule has 4 aromatic rings. The van der Waals surface area contributed by atoms with Gasteiger partial charge in [-0.3, -0.25) is 4.79 Å². The van der Waals surface area contributed by atoms with E-state index in [0.29, 0.717) is 11.4 Å². The number of amides is 1. The van der Waals surface area contributed by atoms with Crippen LogP contribution >= 0.6 is 11.6 Å². The van der Waals surface area contributed by atoms with Gasteiger partial charge in [0.25, 0.3) is 0 Å². The zero-order valence-corrected chi connectivity index (χ0v) is 15.6. The number of halogens is 1. The number of hydrogen-bond acceptors (Lipinski definition) is 2. The Labute approximate surface area is 162 Å². The molecule has 1 N–H and O–H groups in total. The van der Waals surface area contributed by atoms with Crippen molar-refractivity contribution in [2.45, 2.75) is 13.3 Å². The number of anilines is 1. The number of aromatic nitrogens is 2. The average Bonchev–Trinajstić information content (AvgIpc) is 3.09. The van der Waals surface area contributed by atoms with Crippen molar-refractivity contribution < 1.29 is 4.79 Å². The second kappa shape index (κ2) is 7.25. The Morgan fingerprint density at radius 2 is 1.93 bits per heavy atom. The van der Waals surface area contributed by atoms with E-state index in [1.807, 2.05) is 72.2 Å². The van der Waals surface area contributed by atoms with Crippen LogP contribution in [-0.4, -0.2) is 15.3 Å². The summed E-state index contributed by atoms with van der Waals surface area (Å²) in [6.45, 7) is 1.98. The molecule has 0 aliphatic carbocycles. The Kier molecular flexibility index (Phi) is 4.65. The highest BCUT2D eigenvalue weighted by atomic mass is 35.5. The van der Waals surface area contributed by atoms with E-state index >= 15 is 0 Å². The molecule has 0 aliphatic rings. The third kappa shape index (κ3) is 3.86. The molecule has 2 aromatic carbocycles.